The van der Waals surface area contributed by atoms with Gasteiger partial charge in [-0.25, -0.2) is 4.79 Å². The van der Waals surface area contributed by atoms with Crippen LogP contribution in [0.25, 0.3) is 15.7 Å². The summed E-state index contributed by atoms with van der Waals surface area (Å²) < 4.78 is 94.2. The van der Waals surface area contributed by atoms with Crippen LogP contribution in [0, 0.1) is 6.92 Å². The van der Waals surface area contributed by atoms with E-state index in [9.17, 15) is 22.4 Å². The van der Waals surface area contributed by atoms with Crippen LogP contribution in [-0.4, -0.2) is 29.8 Å². The van der Waals surface area contributed by atoms with Crippen LogP contribution >= 0.6 is 11.3 Å². The van der Waals surface area contributed by atoms with Gasteiger partial charge in [-0.2, -0.15) is 26.3 Å². The molecule has 0 fully saturated rings. The maximum absolute atomic E-state index is 15.0. The first kappa shape index (κ1) is 22.4. The maximum Gasteiger partial charge on any atom is 0.380 e. The summed E-state index contributed by atoms with van der Waals surface area (Å²) in [6, 6.07) is 13.3. The number of ether oxygens (including phenoxy) is 1. The largest absolute Gasteiger partial charge is 0.454 e. The minimum absolute atomic E-state index is 0.0292. The second-order valence-corrected chi connectivity index (χ2v) is 8.71. The topological polar surface area (TPSA) is 26.3 Å². The third-order valence-electron chi connectivity index (χ3n) is 5.43. The third kappa shape index (κ3) is 3.05. The van der Waals surface area contributed by atoms with Crippen molar-refractivity contribution in [2.24, 2.45) is 0 Å². The second-order valence-electron chi connectivity index (χ2n) is 7.45. The minimum Gasteiger partial charge on any atom is -0.454 e. The highest BCUT2D eigenvalue weighted by Gasteiger charge is 2.81. The zero-order valence-corrected chi connectivity index (χ0v) is 17.6. The average molecular weight is 470 g/mol. The van der Waals surface area contributed by atoms with Crippen molar-refractivity contribution in [2.45, 2.75) is 37.7 Å². The molecule has 3 aromatic rings. The minimum atomic E-state index is -5.70. The SMILES string of the molecule is Cc1sc2ccccc2c1C1=C([C@H](C)OC(=O)c2ccccc2)C(F)(F)C(F)(F)C1(F)F. The molecule has 2 aromatic carbocycles. The van der Waals surface area contributed by atoms with Crippen molar-refractivity contribution in [1.29, 1.82) is 0 Å². The fourth-order valence-electron chi connectivity index (χ4n) is 3.94. The Balaban J connectivity index is 1.93. The van der Waals surface area contributed by atoms with Gasteiger partial charge in [-0.15, -0.1) is 11.3 Å². The van der Waals surface area contributed by atoms with Crippen molar-refractivity contribution >= 4 is 33.0 Å². The molecule has 2 nitrogen and oxygen atoms in total. The van der Waals surface area contributed by atoms with E-state index in [1.165, 1.54) is 43.3 Å². The van der Waals surface area contributed by atoms with Crippen LogP contribution in [-0.2, 0) is 4.74 Å². The Morgan fingerprint density at radius 1 is 0.906 bits per heavy atom. The van der Waals surface area contributed by atoms with Gasteiger partial charge in [0.25, 0.3) is 0 Å². The lowest BCUT2D eigenvalue weighted by Crippen LogP contribution is -2.50. The van der Waals surface area contributed by atoms with Crippen molar-refractivity contribution in [2.75, 3.05) is 0 Å². The molecular weight excluding hydrogens is 454 g/mol. The molecule has 4 rings (SSSR count). The first-order valence-electron chi connectivity index (χ1n) is 9.54. The number of hydrogen-bond acceptors (Lipinski definition) is 3. The van der Waals surface area contributed by atoms with Gasteiger partial charge in [0.2, 0.25) is 0 Å². The van der Waals surface area contributed by atoms with Gasteiger partial charge in [0.05, 0.1) is 11.1 Å². The van der Waals surface area contributed by atoms with Crippen LogP contribution in [0.3, 0.4) is 0 Å². The molecule has 0 aliphatic heterocycles. The average Bonchev–Trinajstić information content (AvgIpc) is 3.11. The van der Waals surface area contributed by atoms with E-state index in [4.69, 9.17) is 4.74 Å². The number of fused-ring (bicyclic) bond motifs is 1. The van der Waals surface area contributed by atoms with E-state index in [0.29, 0.717) is 4.70 Å². The second kappa shape index (κ2) is 7.37. The first-order valence-corrected chi connectivity index (χ1v) is 10.4. The van der Waals surface area contributed by atoms with E-state index >= 15 is 8.78 Å². The number of hydrogen-bond donors (Lipinski definition) is 0. The van der Waals surface area contributed by atoms with Gasteiger partial charge in [0, 0.05) is 26.1 Å². The highest BCUT2D eigenvalue weighted by atomic mass is 32.1. The third-order valence-corrected chi connectivity index (χ3v) is 6.52. The lowest BCUT2D eigenvalue weighted by Gasteiger charge is -2.26. The van der Waals surface area contributed by atoms with Crippen LogP contribution in [0.15, 0.2) is 60.2 Å². The molecule has 1 aliphatic carbocycles. The number of allylic oxidation sites excluding steroid dienone is 1. The number of carbonyl (C=O) groups is 1. The van der Waals surface area contributed by atoms with Gasteiger partial charge < -0.3 is 4.74 Å². The number of alkyl halides is 6. The molecule has 0 spiro atoms. The quantitative estimate of drug-likeness (QED) is 0.300. The summed E-state index contributed by atoms with van der Waals surface area (Å²) in [5.74, 6) is -17.2. The predicted octanol–water partition coefficient (Wildman–Crippen LogP) is 7.13. The Hall–Kier alpha value is -2.81. The van der Waals surface area contributed by atoms with E-state index in [2.05, 4.69) is 0 Å². The van der Waals surface area contributed by atoms with Gasteiger partial charge >= 0.3 is 23.7 Å². The smallest absolute Gasteiger partial charge is 0.380 e. The summed E-state index contributed by atoms with van der Waals surface area (Å²) in [5, 5.41) is 0.150. The normalized spacial score (nSPS) is 19.9. The van der Waals surface area contributed by atoms with E-state index in [1.54, 1.807) is 18.2 Å². The van der Waals surface area contributed by atoms with Crippen molar-refractivity contribution in [3.8, 4) is 0 Å². The molecule has 32 heavy (non-hydrogen) atoms. The molecule has 0 bridgehead atoms. The van der Waals surface area contributed by atoms with Crippen molar-refractivity contribution in [3.05, 3.63) is 76.2 Å². The molecule has 0 saturated heterocycles. The van der Waals surface area contributed by atoms with Crippen molar-refractivity contribution in [1.82, 2.24) is 0 Å². The number of aryl methyl sites for hydroxylation is 1. The molecule has 0 radical (unpaired) electrons. The summed E-state index contributed by atoms with van der Waals surface area (Å²) >= 11 is 1.03. The number of esters is 1. The molecule has 9 heteroatoms. The Labute approximate surface area is 183 Å². The molecule has 1 aromatic heterocycles. The van der Waals surface area contributed by atoms with Crippen molar-refractivity contribution < 1.29 is 35.9 Å². The standard InChI is InChI=1S/C23H16F6O2S/c1-12(31-20(30)14-8-4-3-5-9-14)18-19(22(26,27)23(28,29)21(18,24)25)17-13(2)32-16-11-7-6-10-15(16)17/h3-12H,1-2H3/t12-/m0/s1. The molecule has 0 saturated carbocycles. The van der Waals surface area contributed by atoms with Crippen LogP contribution in [0.1, 0.15) is 27.7 Å². The number of halogens is 6. The Kier molecular flexibility index (Phi) is 5.15. The molecule has 168 valence electrons. The number of rotatable bonds is 4. The molecule has 0 N–H and O–H groups in total. The fourth-order valence-corrected chi connectivity index (χ4v) is 5.01. The van der Waals surface area contributed by atoms with E-state index < -0.39 is 41.0 Å². The highest BCUT2D eigenvalue weighted by Crippen LogP contribution is 2.64. The molecule has 1 atom stereocenters. The predicted molar refractivity (Wildman–Crippen MR) is 110 cm³/mol. The zero-order chi connectivity index (χ0) is 23.5. The van der Waals surface area contributed by atoms with Gasteiger partial charge in [-0.3, -0.25) is 0 Å². The molecule has 1 aliphatic rings. The lowest BCUT2D eigenvalue weighted by molar-refractivity contribution is -0.262. The molecule has 0 amide bonds. The summed E-state index contributed by atoms with van der Waals surface area (Å²) in [6.45, 7) is 2.29. The van der Waals surface area contributed by atoms with Crippen LogP contribution in [0.2, 0.25) is 0 Å². The van der Waals surface area contributed by atoms with Crippen LogP contribution in [0.4, 0.5) is 26.3 Å². The van der Waals surface area contributed by atoms with E-state index in [0.717, 1.165) is 18.3 Å². The molecule has 0 unspecified atom stereocenters. The summed E-state index contributed by atoms with van der Waals surface area (Å²) in [7, 11) is 0. The summed E-state index contributed by atoms with van der Waals surface area (Å²) in [5.41, 5.74) is -3.50. The van der Waals surface area contributed by atoms with Gasteiger partial charge in [0.15, 0.2) is 0 Å². The Morgan fingerprint density at radius 2 is 1.50 bits per heavy atom. The fraction of sp³-hybridized carbons (Fsp3) is 0.261. The lowest BCUT2D eigenvalue weighted by atomic mass is 9.94. The van der Waals surface area contributed by atoms with Crippen molar-refractivity contribution in [3.63, 3.8) is 0 Å². The first-order chi connectivity index (χ1) is 14.9. The number of thiophene rings is 1. The van der Waals surface area contributed by atoms with Crippen LogP contribution in [0.5, 0.6) is 0 Å². The zero-order valence-electron chi connectivity index (χ0n) is 16.8. The highest BCUT2D eigenvalue weighted by molar-refractivity contribution is 7.19. The van der Waals surface area contributed by atoms with E-state index in [1.807, 2.05) is 0 Å². The van der Waals surface area contributed by atoms with Crippen LogP contribution < -0.4 is 0 Å². The summed E-state index contributed by atoms with van der Waals surface area (Å²) in [4.78, 5) is 12.5. The Morgan fingerprint density at radius 3 is 2.16 bits per heavy atom. The van der Waals surface area contributed by atoms with Gasteiger partial charge in [-0.1, -0.05) is 36.4 Å². The summed E-state index contributed by atoms with van der Waals surface area (Å²) in [6.07, 6.45) is -2.04. The maximum atomic E-state index is 15.0. The number of benzene rings is 2. The van der Waals surface area contributed by atoms with Gasteiger partial charge in [-0.05, 0) is 32.0 Å². The monoisotopic (exact) mass is 470 g/mol. The number of carbonyl (C=O) groups excluding carboxylic acids is 1. The van der Waals surface area contributed by atoms with Gasteiger partial charge in [0.1, 0.15) is 6.10 Å². The Bertz CT molecular complexity index is 1230. The molecular formula is C23H16F6O2S. The molecule has 1 heterocycles. The van der Waals surface area contributed by atoms with E-state index in [-0.39, 0.29) is 21.4 Å².